The van der Waals surface area contributed by atoms with Gasteiger partial charge in [-0.2, -0.15) is 13.9 Å². The predicted molar refractivity (Wildman–Crippen MR) is 110 cm³/mol. The van der Waals surface area contributed by atoms with Gasteiger partial charge in [0.2, 0.25) is 0 Å². The summed E-state index contributed by atoms with van der Waals surface area (Å²) < 4.78 is 30.9. The van der Waals surface area contributed by atoms with Crippen LogP contribution in [0.1, 0.15) is 11.1 Å². The molecule has 4 N–H and O–H groups in total. The highest BCUT2D eigenvalue weighted by Crippen LogP contribution is 2.30. The van der Waals surface area contributed by atoms with Gasteiger partial charge in [0.1, 0.15) is 13.7 Å². The van der Waals surface area contributed by atoms with Crippen molar-refractivity contribution in [3.05, 3.63) is 66.0 Å². The number of aromatic nitrogens is 3. The van der Waals surface area contributed by atoms with Gasteiger partial charge in [-0.05, 0) is 29.9 Å². The molecule has 0 aliphatic heterocycles. The van der Waals surface area contributed by atoms with Crippen molar-refractivity contribution in [3.8, 4) is 0 Å². The zero-order valence-electron chi connectivity index (χ0n) is 15.4. The number of pyridine rings is 1. The Kier molecular flexibility index (Phi) is 5.36. The van der Waals surface area contributed by atoms with Crippen molar-refractivity contribution in [2.45, 2.75) is 5.92 Å². The Morgan fingerprint density at radius 1 is 1.24 bits per heavy atom. The van der Waals surface area contributed by atoms with Crippen LogP contribution in [-0.4, -0.2) is 40.0 Å². The minimum Gasteiger partial charge on any atom is -0.382 e. The predicted octanol–water partition coefficient (Wildman–Crippen LogP) is 1.81. The maximum atomic E-state index is 14.7. The van der Waals surface area contributed by atoms with E-state index in [1.54, 1.807) is 19.3 Å². The standard InChI is InChI=1S/C19H16BF2N7/c1-29-10-12(9-26-29)14(23)4-7-17(24)28-18(25)19(21,22)13-3-5-15-11(8-13)2-6-16(20)27-15/h2-10,23H,1H3,(H3,24,25,28)/b7-4-,23-14?. The van der Waals surface area contributed by atoms with Crippen molar-refractivity contribution in [1.82, 2.24) is 14.8 Å². The number of benzene rings is 1. The molecule has 0 saturated carbocycles. The zero-order chi connectivity index (χ0) is 21.2. The van der Waals surface area contributed by atoms with Gasteiger partial charge < -0.3 is 11.1 Å². The topological polar surface area (TPSA) is 117 Å². The Balaban J connectivity index is 1.79. The van der Waals surface area contributed by atoms with Crippen LogP contribution in [0.5, 0.6) is 0 Å². The average molecular weight is 391 g/mol. The van der Waals surface area contributed by atoms with E-state index in [9.17, 15) is 8.78 Å². The van der Waals surface area contributed by atoms with Gasteiger partial charge in [0.25, 0.3) is 0 Å². The van der Waals surface area contributed by atoms with Gasteiger partial charge in [-0.1, -0.05) is 18.2 Å². The highest BCUT2D eigenvalue weighted by Gasteiger charge is 2.37. The maximum absolute atomic E-state index is 14.7. The van der Waals surface area contributed by atoms with Crippen LogP contribution >= 0.6 is 0 Å². The maximum Gasteiger partial charge on any atom is 0.329 e. The molecule has 0 unspecified atom stereocenters. The summed E-state index contributed by atoms with van der Waals surface area (Å²) in [4.78, 5) is 7.54. The van der Waals surface area contributed by atoms with Crippen LogP contribution in [0, 0.1) is 10.8 Å². The van der Waals surface area contributed by atoms with Crippen LogP contribution in [0.15, 0.2) is 59.9 Å². The van der Waals surface area contributed by atoms with Gasteiger partial charge in [-0.15, -0.1) is 0 Å². The first kappa shape index (κ1) is 20.1. The molecule has 10 heteroatoms. The van der Waals surface area contributed by atoms with Crippen molar-refractivity contribution >= 4 is 41.7 Å². The second-order valence-electron chi connectivity index (χ2n) is 6.25. The summed E-state index contributed by atoms with van der Waals surface area (Å²) in [7, 11) is 7.29. The summed E-state index contributed by atoms with van der Waals surface area (Å²) in [6.45, 7) is 0. The van der Waals surface area contributed by atoms with Gasteiger partial charge in [0.05, 0.1) is 17.4 Å². The molecule has 0 atom stereocenters. The number of hydrogen-bond acceptors (Lipinski definition) is 4. The van der Waals surface area contributed by atoms with Crippen molar-refractivity contribution in [2.75, 3.05) is 0 Å². The third-order valence-electron chi connectivity index (χ3n) is 4.06. The fourth-order valence-corrected chi connectivity index (χ4v) is 2.54. The van der Waals surface area contributed by atoms with E-state index in [1.165, 1.54) is 41.2 Å². The third kappa shape index (κ3) is 4.42. The van der Waals surface area contributed by atoms with Gasteiger partial charge in [-0.3, -0.25) is 15.1 Å². The molecule has 3 rings (SSSR count). The van der Waals surface area contributed by atoms with E-state index in [1.807, 2.05) is 0 Å². The highest BCUT2D eigenvalue weighted by atomic mass is 19.3. The fraction of sp³-hybridized carbons (Fsp3) is 0.105. The van der Waals surface area contributed by atoms with Crippen LogP contribution in [0.2, 0.25) is 0 Å². The van der Waals surface area contributed by atoms with Crippen molar-refractivity contribution in [2.24, 2.45) is 17.8 Å². The van der Waals surface area contributed by atoms with E-state index in [-0.39, 0.29) is 16.9 Å². The first-order chi connectivity index (χ1) is 13.7. The lowest BCUT2D eigenvalue weighted by Gasteiger charge is -2.16. The molecule has 2 heterocycles. The largest absolute Gasteiger partial charge is 0.382 e. The summed E-state index contributed by atoms with van der Waals surface area (Å²) in [5.74, 6) is -5.12. The molecule has 0 bridgehead atoms. The zero-order valence-corrected chi connectivity index (χ0v) is 15.4. The minimum atomic E-state index is -3.59. The molecule has 0 saturated heterocycles. The molecule has 0 fully saturated rings. The highest BCUT2D eigenvalue weighted by molar-refractivity contribution is 6.31. The molecule has 1 aromatic carbocycles. The number of aliphatic imine (C=N–C) groups is 1. The molecule has 2 aromatic heterocycles. The summed E-state index contributed by atoms with van der Waals surface area (Å²) in [6, 6.07) is 6.96. The first-order valence-corrected chi connectivity index (χ1v) is 8.40. The van der Waals surface area contributed by atoms with Gasteiger partial charge in [0, 0.05) is 29.8 Å². The molecule has 29 heavy (non-hydrogen) atoms. The molecule has 144 valence electrons. The molecule has 0 amide bonds. The summed E-state index contributed by atoms with van der Waals surface area (Å²) in [6.07, 6.45) is 5.47. The molecule has 0 aliphatic rings. The van der Waals surface area contributed by atoms with Crippen molar-refractivity contribution < 1.29 is 8.78 Å². The molecular weight excluding hydrogens is 375 g/mol. The Labute approximate surface area is 166 Å². The smallest absolute Gasteiger partial charge is 0.329 e. The summed E-state index contributed by atoms with van der Waals surface area (Å²) >= 11 is 0. The number of nitrogens with two attached hydrogens (primary N) is 1. The SMILES string of the molecule is [B]c1ccc2cc(C(F)(F)C(N)=NC(=N)/C=C\C(=N)c3cnn(C)c3)ccc2n1. The molecule has 3 aromatic rings. The normalized spacial score (nSPS) is 12.6. The molecular formula is C19H16BF2N7. The second kappa shape index (κ2) is 7.74. The molecule has 0 aliphatic carbocycles. The number of rotatable bonds is 5. The minimum absolute atomic E-state index is 0.0599. The van der Waals surface area contributed by atoms with Crippen molar-refractivity contribution in [3.63, 3.8) is 0 Å². The number of amidine groups is 2. The second-order valence-corrected chi connectivity index (χ2v) is 6.25. The molecule has 0 spiro atoms. The van der Waals surface area contributed by atoms with E-state index in [4.69, 9.17) is 24.4 Å². The van der Waals surface area contributed by atoms with E-state index in [2.05, 4.69) is 15.1 Å². The van der Waals surface area contributed by atoms with Gasteiger partial charge in [0.15, 0.2) is 5.84 Å². The number of alkyl halides is 2. The van der Waals surface area contributed by atoms with E-state index < -0.39 is 17.6 Å². The Morgan fingerprint density at radius 2 is 2.00 bits per heavy atom. The van der Waals surface area contributed by atoms with Gasteiger partial charge in [-0.25, -0.2) is 4.99 Å². The number of fused-ring (bicyclic) bond motifs is 1. The monoisotopic (exact) mass is 391 g/mol. The number of nitrogens with one attached hydrogen (secondary N) is 2. The van der Waals surface area contributed by atoms with Crippen LogP contribution in [-0.2, 0) is 13.0 Å². The average Bonchev–Trinajstić information content (AvgIpc) is 3.12. The van der Waals surface area contributed by atoms with Crippen LogP contribution in [0.3, 0.4) is 0 Å². The number of nitrogens with zero attached hydrogens (tertiary/aromatic N) is 4. The van der Waals surface area contributed by atoms with E-state index in [0.717, 1.165) is 6.08 Å². The number of halogens is 2. The number of allylic oxidation sites excluding steroid dienone is 1. The lowest BCUT2D eigenvalue weighted by molar-refractivity contribution is 0.0747. The third-order valence-corrected chi connectivity index (χ3v) is 4.06. The number of aryl methyl sites for hydroxylation is 1. The fourth-order valence-electron chi connectivity index (χ4n) is 2.54. The lowest BCUT2D eigenvalue weighted by atomic mass is 10.0. The first-order valence-electron chi connectivity index (χ1n) is 8.40. The van der Waals surface area contributed by atoms with Crippen LogP contribution in [0.25, 0.3) is 10.9 Å². The van der Waals surface area contributed by atoms with Crippen molar-refractivity contribution in [1.29, 1.82) is 10.8 Å². The summed E-state index contributed by atoms with van der Waals surface area (Å²) in [5, 5.41) is 20.0. The van der Waals surface area contributed by atoms with Crippen LogP contribution in [0.4, 0.5) is 8.78 Å². The number of hydrogen-bond donors (Lipinski definition) is 3. The van der Waals surface area contributed by atoms with Gasteiger partial charge >= 0.3 is 5.92 Å². The Morgan fingerprint density at radius 3 is 2.69 bits per heavy atom. The molecule has 2 radical (unpaired) electrons. The van der Waals surface area contributed by atoms with E-state index >= 15 is 0 Å². The van der Waals surface area contributed by atoms with Crippen LogP contribution < -0.4 is 11.3 Å². The Hall–Kier alpha value is -3.69. The van der Waals surface area contributed by atoms with E-state index in [0.29, 0.717) is 16.5 Å². The summed E-state index contributed by atoms with van der Waals surface area (Å²) in [5.41, 5.74) is 6.46. The Bertz CT molecular complexity index is 1160. The quantitative estimate of drug-likeness (QED) is 0.350. The lowest BCUT2D eigenvalue weighted by Crippen LogP contribution is -2.34. The molecule has 7 nitrogen and oxygen atoms in total.